The standard InChI is InChI=1S/C16H17ClN2O2/c1-12-3-5-13(6-4-12)10-18(2)11-14-9-15(19(20)21)7-8-16(14)17/h3-9H,10-11H2,1-2H3. The maximum Gasteiger partial charge on any atom is 0.269 e. The molecule has 0 bridgehead atoms. The molecule has 0 unspecified atom stereocenters. The van der Waals surface area contributed by atoms with Gasteiger partial charge in [-0.3, -0.25) is 15.0 Å². The van der Waals surface area contributed by atoms with Crippen LogP contribution in [0.1, 0.15) is 16.7 Å². The van der Waals surface area contributed by atoms with Gasteiger partial charge in [0.25, 0.3) is 5.69 Å². The predicted molar refractivity (Wildman–Crippen MR) is 84.5 cm³/mol. The van der Waals surface area contributed by atoms with Crippen LogP contribution < -0.4 is 0 Å². The zero-order valence-electron chi connectivity index (χ0n) is 12.0. The molecule has 0 saturated carbocycles. The van der Waals surface area contributed by atoms with Gasteiger partial charge in [0.05, 0.1) is 4.92 Å². The molecule has 5 heteroatoms. The Labute approximate surface area is 129 Å². The van der Waals surface area contributed by atoms with E-state index in [9.17, 15) is 10.1 Å². The fourth-order valence-corrected chi connectivity index (χ4v) is 2.33. The summed E-state index contributed by atoms with van der Waals surface area (Å²) >= 11 is 6.12. The van der Waals surface area contributed by atoms with Crippen LogP contribution in [0.3, 0.4) is 0 Å². The number of rotatable bonds is 5. The minimum absolute atomic E-state index is 0.0677. The molecule has 0 heterocycles. The SMILES string of the molecule is Cc1ccc(CN(C)Cc2cc([N+](=O)[O-])ccc2Cl)cc1. The Morgan fingerprint density at radius 1 is 1.14 bits per heavy atom. The fourth-order valence-electron chi connectivity index (χ4n) is 2.15. The average Bonchev–Trinajstić information content (AvgIpc) is 2.43. The van der Waals surface area contributed by atoms with E-state index >= 15 is 0 Å². The molecule has 0 spiro atoms. The molecular formula is C16H17ClN2O2. The molecule has 110 valence electrons. The highest BCUT2D eigenvalue weighted by molar-refractivity contribution is 6.31. The van der Waals surface area contributed by atoms with E-state index in [0.29, 0.717) is 11.6 Å². The fraction of sp³-hybridized carbons (Fsp3) is 0.250. The first-order valence-electron chi connectivity index (χ1n) is 6.62. The van der Waals surface area contributed by atoms with Crippen molar-refractivity contribution in [3.8, 4) is 0 Å². The van der Waals surface area contributed by atoms with Crippen molar-refractivity contribution in [1.82, 2.24) is 4.90 Å². The monoisotopic (exact) mass is 304 g/mol. The molecule has 0 N–H and O–H groups in total. The van der Waals surface area contributed by atoms with Gasteiger partial charge in [0.2, 0.25) is 0 Å². The summed E-state index contributed by atoms with van der Waals surface area (Å²) in [5.74, 6) is 0. The smallest absolute Gasteiger partial charge is 0.269 e. The predicted octanol–water partition coefficient (Wildman–Crippen LogP) is 4.19. The second kappa shape index (κ2) is 6.70. The Morgan fingerprint density at radius 3 is 2.43 bits per heavy atom. The highest BCUT2D eigenvalue weighted by Crippen LogP contribution is 2.23. The number of nitro benzene ring substituents is 1. The lowest BCUT2D eigenvalue weighted by Gasteiger charge is -2.17. The largest absolute Gasteiger partial charge is 0.298 e. The number of aryl methyl sites for hydroxylation is 1. The second-order valence-corrected chi connectivity index (χ2v) is 5.60. The number of nitrogens with zero attached hydrogens (tertiary/aromatic N) is 2. The summed E-state index contributed by atoms with van der Waals surface area (Å²) in [6.07, 6.45) is 0. The number of halogens is 1. The first kappa shape index (κ1) is 15.5. The Bertz CT molecular complexity index is 641. The normalized spacial score (nSPS) is 10.9. The molecule has 0 atom stereocenters. The van der Waals surface area contributed by atoms with Gasteiger partial charge in [-0.25, -0.2) is 0 Å². The molecule has 0 aliphatic heterocycles. The van der Waals surface area contributed by atoms with Crippen molar-refractivity contribution in [2.45, 2.75) is 20.0 Å². The van der Waals surface area contributed by atoms with Gasteiger partial charge in [0.15, 0.2) is 0 Å². The summed E-state index contributed by atoms with van der Waals surface area (Å²) in [6, 6.07) is 12.9. The molecule has 2 aromatic rings. The van der Waals surface area contributed by atoms with Crippen LogP contribution in [-0.2, 0) is 13.1 Å². The van der Waals surface area contributed by atoms with E-state index in [0.717, 1.165) is 12.1 Å². The van der Waals surface area contributed by atoms with Gasteiger partial charge >= 0.3 is 0 Å². The van der Waals surface area contributed by atoms with Crippen LogP contribution >= 0.6 is 11.6 Å². The van der Waals surface area contributed by atoms with Crippen LogP contribution in [0.15, 0.2) is 42.5 Å². The van der Waals surface area contributed by atoms with Crippen LogP contribution in [0, 0.1) is 17.0 Å². The zero-order chi connectivity index (χ0) is 15.4. The van der Waals surface area contributed by atoms with Crippen LogP contribution in [-0.4, -0.2) is 16.9 Å². The van der Waals surface area contributed by atoms with E-state index in [2.05, 4.69) is 36.1 Å². The topological polar surface area (TPSA) is 46.4 Å². The van der Waals surface area contributed by atoms with E-state index < -0.39 is 4.92 Å². The zero-order valence-corrected chi connectivity index (χ0v) is 12.8. The molecule has 0 radical (unpaired) electrons. The van der Waals surface area contributed by atoms with Crippen molar-refractivity contribution in [3.05, 3.63) is 74.3 Å². The van der Waals surface area contributed by atoms with Crippen molar-refractivity contribution < 1.29 is 4.92 Å². The van der Waals surface area contributed by atoms with Crippen molar-refractivity contribution in [1.29, 1.82) is 0 Å². The van der Waals surface area contributed by atoms with E-state index in [1.54, 1.807) is 6.07 Å². The van der Waals surface area contributed by atoms with Crippen LogP contribution in [0.2, 0.25) is 5.02 Å². The second-order valence-electron chi connectivity index (χ2n) is 5.19. The Hall–Kier alpha value is -1.91. The molecule has 21 heavy (non-hydrogen) atoms. The third-order valence-corrected chi connectivity index (χ3v) is 3.62. The van der Waals surface area contributed by atoms with Crippen molar-refractivity contribution in [3.63, 3.8) is 0 Å². The highest BCUT2D eigenvalue weighted by atomic mass is 35.5. The summed E-state index contributed by atoms with van der Waals surface area (Å²) in [4.78, 5) is 12.5. The third-order valence-electron chi connectivity index (χ3n) is 3.25. The molecular weight excluding hydrogens is 288 g/mol. The molecule has 2 rings (SSSR count). The van der Waals surface area contributed by atoms with Gasteiger partial charge in [-0.1, -0.05) is 41.4 Å². The summed E-state index contributed by atoms with van der Waals surface area (Å²) in [7, 11) is 1.97. The van der Waals surface area contributed by atoms with Crippen LogP contribution in [0.4, 0.5) is 5.69 Å². The first-order chi connectivity index (χ1) is 9.95. The lowest BCUT2D eigenvalue weighted by molar-refractivity contribution is -0.384. The molecule has 4 nitrogen and oxygen atoms in total. The highest BCUT2D eigenvalue weighted by Gasteiger charge is 2.11. The van der Waals surface area contributed by atoms with E-state index in [4.69, 9.17) is 11.6 Å². The molecule has 0 aliphatic carbocycles. The molecule has 0 aliphatic rings. The van der Waals surface area contributed by atoms with Gasteiger partial charge in [0, 0.05) is 30.2 Å². The summed E-state index contributed by atoms with van der Waals surface area (Å²) in [6.45, 7) is 3.38. The van der Waals surface area contributed by atoms with E-state index in [1.807, 2.05) is 7.05 Å². The lowest BCUT2D eigenvalue weighted by Crippen LogP contribution is -2.17. The van der Waals surface area contributed by atoms with Gasteiger partial charge < -0.3 is 0 Å². The first-order valence-corrected chi connectivity index (χ1v) is 7.00. The Kier molecular flexibility index (Phi) is 4.94. The molecule has 0 aromatic heterocycles. The lowest BCUT2D eigenvalue weighted by atomic mass is 10.1. The number of hydrogen-bond donors (Lipinski definition) is 0. The van der Waals surface area contributed by atoms with Gasteiger partial charge in [-0.15, -0.1) is 0 Å². The van der Waals surface area contributed by atoms with Crippen LogP contribution in [0.5, 0.6) is 0 Å². The van der Waals surface area contributed by atoms with Crippen LogP contribution in [0.25, 0.3) is 0 Å². The quantitative estimate of drug-likeness (QED) is 0.614. The molecule has 0 saturated heterocycles. The number of hydrogen-bond acceptors (Lipinski definition) is 3. The summed E-state index contributed by atoms with van der Waals surface area (Å²) < 4.78 is 0. The maximum atomic E-state index is 10.8. The van der Waals surface area contributed by atoms with E-state index in [1.165, 1.54) is 23.3 Å². The minimum Gasteiger partial charge on any atom is -0.298 e. The minimum atomic E-state index is -0.403. The van der Waals surface area contributed by atoms with Crippen molar-refractivity contribution in [2.75, 3.05) is 7.05 Å². The van der Waals surface area contributed by atoms with Crippen molar-refractivity contribution in [2.24, 2.45) is 0 Å². The maximum absolute atomic E-state index is 10.8. The number of nitro groups is 1. The third kappa shape index (κ3) is 4.28. The molecule has 0 amide bonds. The molecule has 2 aromatic carbocycles. The summed E-state index contributed by atoms with van der Waals surface area (Å²) in [5.41, 5.74) is 3.26. The van der Waals surface area contributed by atoms with E-state index in [-0.39, 0.29) is 5.69 Å². The number of benzene rings is 2. The van der Waals surface area contributed by atoms with Gasteiger partial charge in [-0.2, -0.15) is 0 Å². The average molecular weight is 305 g/mol. The van der Waals surface area contributed by atoms with Gasteiger partial charge in [0.1, 0.15) is 0 Å². The Balaban J connectivity index is 2.08. The van der Waals surface area contributed by atoms with Crippen molar-refractivity contribution >= 4 is 17.3 Å². The number of non-ortho nitro benzene ring substituents is 1. The summed E-state index contributed by atoms with van der Waals surface area (Å²) in [5, 5.41) is 11.4. The van der Waals surface area contributed by atoms with Gasteiger partial charge in [-0.05, 0) is 31.2 Å². The Morgan fingerprint density at radius 2 is 1.81 bits per heavy atom. The molecule has 0 fully saturated rings.